The van der Waals surface area contributed by atoms with Gasteiger partial charge >= 0.3 is 0 Å². The number of ether oxygens (including phenoxy) is 1. The molecule has 1 aliphatic rings. The van der Waals surface area contributed by atoms with E-state index in [1.54, 1.807) is 23.9 Å². The Kier molecular flexibility index (Phi) is 6.25. The van der Waals surface area contributed by atoms with Crippen LogP contribution in [0.15, 0.2) is 114 Å². The summed E-state index contributed by atoms with van der Waals surface area (Å²) in [6, 6.07) is 31.9. The van der Waals surface area contributed by atoms with Crippen molar-refractivity contribution in [3.05, 3.63) is 135 Å². The van der Waals surface area contributed by atoms with E-state index in [1.165, 1.54) is 12.1 Å². The van der Waals surface area contributed by atoms with Crippen LogP contribution >= 0.6 is 23.4 Å². The van der Waals surface area contributed by atoms with E-state index in [0.29, 0.717) is 16.5 Å². The minimum Gasteiger partial charge on any atom is -0.458 e. The van der Waals surface area contributed by atoms with Crippen LogP contribution in [0.5, 0.6) is 5.75 Å². The maximum Gasteiger partial charge on any atom is 0.269 e. The number of nitro benzene ring substituents is 1. The standard InChI is InChI=1S/C27H19ClN2O3S/c28-22-11-5-4-10-21(22)27-26(33-20-16-14-19(15-17-20)30(31)32)25(18-8-2-1-3-9-18)29-23-12-6-7-13-24(23)34-27/h1-17,27,29H. The molecule has 1 N–H and O–H groups in total. The van der Waals surface area contributed by atoms with Gasteiger partial charge in [-0.25, -0.2) is 0 Å². The molecule has 0 radical (unpaired) electrons. The first-order valence-corrected chi connectivity index (χ1v) is 11.8. The Balaban J connectivity index is 1.71. The second-order valence-electron chi connectivity index (χ2n) is 7.60. The van der Waals surface area contributed by atoms with Crippen molar-refractivity contribution >= 4 is 40.4 Å². The van der Waals surface area contributed by atoms with Crippen LogP contribution in [0.25, 0.3) is 5.70 Å². The van der Waals surface area contributed by atoms with Gasteiger partial charge in [0.15, 0.2) is 0 Å². The number of nitro groups is 1. The van der Waals surface area contributed by atoms with Gasteiger partial charge in [-0.15, -0.1) is 11.8 Å². The average Bonchev–Trinajstić information content (AvgIpc) is 3.02. The van der Waals surface area contributed by atoms with Gasteiger partial charge in [-0.05, 0) is 35.9 Å². The minimum absolute atomic E-state index is 0.00744. The second-order valence-corrected chi connectivity index (χ2v) is 9.15. The summed E-state index contributed by atoms with van der Waals surface area (Å²) in [6.45, 7) is 0. The van der Waals surface area contributed by atoms with Crippen molar-refractivity contribution in [3.63, 3.8) is 0 Å². The van der Waals surface area contributed by atoms with E-state index in [4.69, 9.17) is 16.3 Å². The zero-order chi connectivity index (χ0) is 23.5. The summed E-state index contributed by atoms with van der Waals surface area (Å²) in [5, 5.41) is 15.1. The molecule has 7 heteroatoms. The number of nitrogens with one attached hydrogen (secondary N) is 1. The number of nitrogens with zero attached hydrogens (tertiary/aromatic N) is 1. The van der Waals surface area contributed by atoms with Crippen LogP contribution in [-0.4, -0.2) is 4.92 Å². The summed E-state index contributed by atoms with van der Waals surface area (Å²) < 4.78 is 6.51. The van der Waals surface area contributed by atoms with E-state index >= 15 is 0 Å². The molecule has 168 valence electrons. The largest absolute Gasteiger partial charge is 0.458 e. The Hall–Kier alpha value is -3.74. The lowest BCUT2D eigenvalue weighted by Crippen LogP contribution is -2.11. The molecule has 0 aromatic heterocycles. The number of benzene rings is 4. The van der Waals surface area contributed by atoms with Crippen molar-refractivity contribution in [2.45, 2.75) is 10.1 Å². The lowest BCUT2D eigenvalue weighted by atomic mass is 10.0. The van der Waals surface area contributed by atoms with Crippen molar-refractivity contribution in [1.29, 1.82) is 0 Å². The van der Waals surface area contributed by atoms with E-state index in [1.807, 2.05) is 72.8 Å². The number of hydrogen-bond donors (Lipinski definition) is 1. The molecule has 4 aromatic carbocycles. The summed E-state index contributed by atoms with van der Waals surface area (Å²) in [5.41, 5.74) is 3.65. The molecule has 0 saturated carbocycles. The highest BCUT2D eigenvalue weighted by atomic mass is 35.5. The van der Waals surface area contributed by atoms with Gasteiger partial charge in [0.25, 0.3) is 5.69 Å². The molecule has 4 aromatic rings. The number of para-hydroxylation sites is 1. The normalized spacial score (nSPS) is 15.1. The van der Waals surface area contributed by atoms with Gasteiger partial charge < -0.3 is 10.1 Å². The molecule has 5 rings (SSSR count). The molecule has 0 bridgehead atoms. The van der Waals surface area contributed by atoms with Crippen molar-refractivity contribution in [2.24, 2.45) is 0 Å². The number of thioether (sulfide) groups is 1. The summed E-state index contributed by atoms with van der Waals surface area (Å²) in [6.07, 6.45) is 0. The Morgan fingerprint density at radius 2 is 1.53 bits per heavy atom. The number of hydrogen-bond acceptors (Lipinski definition) is 5. The maximum atomic E-state index is 11.1. The third-order valence-electron chi connectivity index (χ3n) is 5.40. The number of anilines is 1. The molecule has 1 aliphatic heterocycles. The van der Waals surface area contributed by atoms with Gasteiger partial charge in [0, 0.05) is 27.6 Å². The molecule has 1 heterocycles. The zero-order valence-corrected chi connectivity index (χ0v) is 19.4. The fourth-order valence-electron chi connectivity index (χ4n) is 3.76. The third-order valence-corrected chi connectivity index (χ3v) is 7.06. The molecule has 1 unspecified atom stereocenters. The SMILES string of the molecule is O=[N+]([O-])c1ccc(OC2=C(c3ccccc3)Nc3ccccc3SC2c2ccccc2Cl)cc1. The predicted octanol–water partition coefficient (Wildman–Crippen LogP) is 7.95. The number of non-ortho nitro benzene ring substituents is 1. The first-order valence-electron chi connectivity index (χ1n) is 10.6. The van der Waals surface area contributed by atoms with E-state index in [2.05, 4.69) is 11.4 Å². The zero-order valence-electron chi connectivity index (χ0n) is 17.9. The summed E-state index contributed by atoms with van der Waals surface area (Å²) in [5.74, 6) is 1.16. The van der Waals surface area contributed by atoms with E-state index in [9.17, 15) is 10.1 Å². The van der Waals surface area contributed by atoms with Crippen LogP contribution in [0.2, 0.25) is 5.02 Å². The smallest absolute Gasteiger partial charge is 0.269 e. The first-order chi connectivity index (χ1) is 16.6. The number of rotatable bonds is 5. The number of halogens is 1. The molecule has 5 nitrogen and oxygen atoms in total. The molecule has 34 heavy (non-hydrogen) atoms. The third kappa shape index (κ3) is 4.51. The van der Waals surface area contributed by atoms with Gasteiger partial charge in [0.2, 0.25) is 0 Å². The van der Waals surface area contributed by atoms with E-state index in [-0.39, 0.29) is 10.9 Å². The van der Waals surface area contributed by atoms with Gasteiger partial charge in [0.05, 0.1) is 21.6 Å². The van der Waals surface area contributed by atoms with E-state index < -0.39 is 4.92 Å². The Morgan fingerprint density at radius 1 is 0.853 bits per heavy atom. The molecular weight excluding hydrogens is 468 g/mol. The van der Waals surface area contributed by atoms with Crippen LogP contribution in [0.3, 0.4) is 0 Å². The highest BCUT2D eigenvalue weighted by molar-refractivity contribution is 8.00. The van der Waals surface area contributed by atoms with Gasteiger partial charge in [-0.2, -0.15) is 0 Å². The highest BCUT2D eigenvalue weighted by Crippen LogP contribution is 2.50. The first kappa shape index (κ1) is 22.1. The van der Waals surface area contributed by atoms with Gasteiger partial charge in [0.1, 0.15) is 11.5 Å². The van der Waals surface area contributed by atoms with Crippen LogP contribution in [0, 0.1) is 10.1 Å². The number of fused-ring (bicyclic) bond motifs is 1. The fourth-order valence-corrected chi connectivity index (χ4v) is 5.33. The minimum atomic E-state index is -0.426. The Labute approximate surface area is 206 Å². The van der Waals surface area contributed by atoms with Crippen LogP contribution in [0.1, 0.15) is 16.4 Å². The molecule has 1 atom stereocenters. The Morgan fingerprint density at radius 3 is 2.26 bits per heavy atom. The average molecular weight is 487 g/mol. The molecule has 0 fully saturated rings. The molecule has 0 saturated heterocycles. The van der Waals surface area contributed by atoms with Crippen molar-refractivity contribution in [2.75, 3.05) is 5.32 Å². The van der Waals surface area contributed by atoms with Crippen LogP contribution < -0.4 is 10.1 Å². The quantitative estimate of drug-likeness (QED) is 0.229. The second kappa shape index (κ2) is 9.63. The van der Waals surface area contributed by atoms with Gasteiger partial charge in [-0.1, -0.05) is 72.3 Å². The lowest BCUT2D eigenvalue weighted by Gasteiger charge is -2.23. The lowest BCUT2D eigenvalue weighted by molar-refractivity contribution is -0.384. The Bertz CT molecular complexity index is 1370. The summed E-state index contributed by atoms with van der Waals surface area (Å²) >= 11 is 8.31. The van der Waals surface area contributed by atoms with Crippen molar-refractivity contribution < 1.29 is 9.66 Å². The summed E-state index contributed by atoms with van der Waals surface area (Å²) in [4.78, 5) is 11.7. The molecular formula is C27H19ClN2O3S. The molecule has 0 amide bonds. The monoisotopic (exact) mass is 486 g/mol. The molecule has 0 spiro atoms. The summed E-state index contributed by atoms with van der Waals surface area (Å²) in [7, 11) is 0. The van der Waals surface area contributed by atoms with Crippen LogP contribution in [-0.2, 0) is 0 Å². The molecule has 0 aliphatic carbocycles. The van der Waals surface area contributed by atoms with E-state index in [0.717, 1.165) is 27.4 Å². The fraction of sp³-hybridized carbons (Fsp3) is 0.0370. The maximum absolute atomic E-state index is 11.1. The predicted molar refractivity (Wildman–Crippen MR) is 137 cm³/mol. The van der Waals surface area contributed by atoms with Gasteiger partial charge in [-0.3, -0.25) is 10.1 Å². The topological polar surface area (TPSA) is 64.4 Å². The van der Waals surface area contributed by atoms with Crippen LogP contribution in [0.4, 0.5) is 11.4 Å². The van der Waals surface area contributed by atoms with Crippen molar-refractivity contribution in [1.82, 2.24) is 0 Å². The highest BCUT2D eigenvalue weighted by Gasteiger charge is 2.31. The van der Waals surface area contributed by atoms with Crippen molar-refractivity contribution in [3.8, 4) is 5.75 Å².